The summed E-state index contributed by atoms with van der Waals surface area (Å²) in [6.07, 6.45) is 4.05. The summed E-state index contributed by atoms with van der Waals surface area (Å²) in [5.74, 6) is -0.658. The minimum Gasteiger partial charge on any atom is -0.299 e. The Labute approximate surface area is 142 Å². The van der Waals surface area contributed by atoms with Gasteiger partial charge in [-0.1, -0.05) is 11.3 Å². The summed E-state index contributed by atoms with van der Waals surface area (Å²) >= 11 is 1.07. The molecule has 0 amide bonds. The number of rotatable bonds is 2. The van der Waals surface area contributed by atoms with Crippen LogP contribution in [-0.4, -0.2) is 22.2 Å². The molecule has 124 valence electrons. The Balaban J connectivity index is 1.87. The van der Waals surface area contributed by atoms with E-state index in [1.54, 1.807) is 6.07 Å². The van der Waals surface area contributed by atoms with Crippen LogP contribution >= 0.6 is 11.3 Å². The van der Waals surface area contributed by atoms with Crippen LogP contribution in [0.1, 0.15) is 49.3 Å². The Morgan fingerprint density at radius 1 is 1.08 bits per heavy atom. The first-order chi connectivity index (χ1) is 11.6. The summed E-state index contributed by atoms with van der Waals surface area (Å²) < 4.78 is 0. The lowest BCUT2D eigenvalue weighted by molar-refractivity contribution is -0.380. The summed E-state index contributed by atoms with van der Waals surface area (Å²) in [5.41, 5.74) is 2.29. The molecule has 0 aromatic carbocycles. The average molecular weight is 344 g/mol. The maximum atomic E-state index is 12.6. The molecule has 2 unspecified atom stereocenters. The van der Waals surface area contributed by atoms with E-state index < -0.39 is 10.8 Å². The molecule has 3 aliphatic rings. The second-order valence-corrected chi connectivity index (χ2v) is 7.54. The number of carbonyl (C=O) groups is 2. The van der Waals surface area contributed by atoms with E-state index in [-0.39, 0.29) is 22.5 Å². The van der Waals surface area contributed by atoms with Crippen molar-refractivity contribution in [2.75, 3.05) is 0 Å². The highest BCUT2D eigenvalue weighted by Gasteiger charge is 2.45. The van der Waals surface area contributed by atoms with E-state index in [0.717, 1.165) is 53.3 Å². The first kappa shape index (κ1) is 15.4. The van der Waals surface area contributed by atoms with Gasteiger partial charge in [0.25, 0.3) is 0 Å². The predicted molar refractivity (Wildman–Crippen MR) is 89.4 cm³/mol. The highest BCUT2D eigenvalue weighted by Crippen LogP contribution is 2.48. The Morgan fingerprint density at radius 2 is 1.88 bits per heavy atom. The highest BCUT2D eigenvalue weighted by molar-refractivity contribution is 7.15. The normalized spacial score (nSPS) is 26.8. The number of nitrogens with zero attached hydrogens (tertiary/aromatic N) is 2. The van der Waals surface area contributed by atoms with Crippen molar-refractivity contribution in [1.82, 2.24) is 0 Å². The summed E-state index contributed by atoms with van der Waals surface area (Å²) in [5, 5.41) is 11.1. The molecule has 1 aromatic rings. The van der Waals surface area contributed by atoms with Gasteiger partial charge in [0.15, 0.2) is 5.78 Å². The molecular formula is C17H16N2O4S. The molecule has 7 heteroatoms. The van der Waals surface area contributed by atoms with Crippen molar-refractivity contribution in [3.05, 3.63) is 38.4 Å². The van der Waals surface area contributed by atoms with Crippen molar-refractivity contribution >= 4 is 33.6 Å². The number of carbonyl (C=O) groups excluding carboxylic acids is 2. The van der Waals surface area contributed by atoms with Gasteiger partial charge in [-0.25, -0.2) is 0 Å². The van der Waals surface area contributed by atoms with Gasteiger partial charge in [-0.3, -0.25) is 24.7 Å². The van der Waals surface area contributed by atoms with Crippen molar-refractivity contribution in [3.8, 4) is 0 Å². The van der Waals surface area contributed by atoms with Gasteiger partial charge in [-0.15, -0.1) is 0 Å². The fourth-order valence-electron chi connectivity index (χ4n) is 4.01. The predicted octanol–water partition coefficient (Wildman–Crippen LogP) is 3.57. The lowest BCUT2D eigenvalue weighted by Gasteiger charge is -2.37. The molecular weight excluding hydrogens is 328 g/mol. The average Bonchev–Trinajstić information content (AvgIpc) is 3.03. The molecule has 2 aliphatic carbocycles. The highest BCUT2D eigenvalue weighted by atomic mass is 32.1. The van der Waals surface area contributed by atoms with Gasteiger partial charge in [0.05, 0.1) is 10.8 Å². The third kappa shape index (κ3) is 2.34. The van der Waals surface area contributed by atoms with Gasteiger partial charge in [0.1, 0.15) is 5.78 Å². The van der Waals surface area contributed by atoms with E-state index in [1.807, 2.05) is 0 Å². The summed E-state index contributed by atoms with van der Waals surface area (Å²) in [4.78, 5) is 41.2. The lowest BCUT2D eigenvalue weighted by atomic mass is 9.69. The van der Waals surface area contributed by atoms with Crippen LogP contribution in [0.5, 0.6) is 0 Å². The zero-order valence-corrected chi connectivity index (χ0v) is 13.8. The third-order valence-corrected chi connectivity index (χ3v) is 6.13. The standard InChI is InChI=1S/C17H16N2O4S/c20-11-5-1-3-9-15(11)17(13-7-8-14(24-13)19(22)23)16-10(18-9)4-2-6-12(16)21/h7-8,15,17H,1-6H2. The quantitative estimate of drug-likeness (QED) is 0.606. The van der Waals surface area contributed by atoms with Gasteiger partial charge < -0.3 is 0 Å². The summed E-state index contributed by atoms with van der Waals surface area (Å²) in [7, 11) is 0. The van der Waals surface area contributed by atoms with Gasteiger partial charge in [-0.05, 0) is 31.7 Å². The van der Waals surface area contributed by atoms with Crippen LogP contribution in [0.3, 0.4) is 0 Å². The van der Waals surface area contributed by atoms with Crippen LogP contribution in [0.15, 0.2) is 28.4 Å². The lowest BCUT2D eigenvalue weighted by Crippen LogP contribution is -2.39. The molecule has 0 saturated heterocycles. The maximum Gasteiger partial charge on any atom is 0.324 e. The van der Waals surface area contributed by atoms with E-state index in [4.69, 9.17) is 0 Å². The molecule has 6 nitrogen and oxygen atoms in total. The number of thiophene rings is 1. The monoisotopic (exact) mass is 344 g/mol. The molecule has 0 radical (unpaired) electrons. The number of allylic oxidation sites excluding steroid dienone is 2. The zero-order valence-electron chi connectivity index (χ0n) is 13.0. The number of fused-ring (bicyclic) bond motifs is 1. The first-order valence-corrected chi connectivity index (χ1v) is 8.98. The number of Topliss-reactive ketones (excluding diaryl/α,β-unsaturated/α-hetero) is 2. The number of aliphatic imine (C=N–C) groups is 1. The smallest absolute Gasteiger partial charge is 0.299 e. The maximum absolute atomic E-state index is 12.6. The molecule has 0 N–H and O–H groups in total. The van der Waals surface area contributed by atoms with Crippen LogP contribution in [0, 0.1) is 16.0 Å². The van der Waals surface area contributed by atoms with Crippen LogP contribution in [0.25, 0.3) is 0 Å². The minimum absolute atomic E-state index is 0.0403. The number of hydrogen-bond donors (Lipinski definition) is 0. The van der Waals surface area contributed by atoms with E-state index in [2.05, 4.69) is 4.99 Å². The Kier molecular flexibility index (Phi) is 3.68. The van der Waals surface area contributed by atoms with Crippen LogP contribution in [0.4, 0.5) is 5.00 Å². The van der Waals surface area contributed by atoms with Crippen LogP contribution in [-0.2, 0) is 9.59 Å². The van der Waals surface area contributed by atoms with Crippen LogP contribution < -0.4 is 0 Å². The Hall–Kier alpha value is -2.15. The van der Waals surface area contributed by atoms with Gasteiger partial charge in [0, 0.05) is 46.7 Å². The molecule has 0 spiro atoms. The largest absolute Gasteiger partial charge is 0.324 e. The minimum atomic E-state index is -0.424. The Bertz CT molecular complexity index is 820. The summed E-state index contributed by atoms with van der Waals surface area (Å²) in [6, 6.07) is 3.16. The second kappa shape index (κ2) is 5.73. The van der Waals surface area contributed by atoms with E-state index in [1.165, 1.54) is 6.07 Å². The molecule has 24 heavy (non-hydrogen) atoms. The topological polar surface area (TPSA) is 89.6 Å². The van der Waals surface area contributed by atoms with Crippen LogP contribution in [0.2, 0.25) is 0 Å². The van der Waals surface area contributed by atoms with Crippen molar-refractivity contribution in [3.63, 3.8) is 0 Å². The van der Waals surface area contributed by atoms with Crippen molar-refractivity contribution < 1.29 is 14.5 Å². The number of hydrogen-bond acceptors (Lipinski definition) is 6. The molecule has 1 aliphatic heterocycles. The molecule has 2 heterocycles. The molecule has 1 fully saturated rings. The zero-order chi connectivity index (χ0) is 16.8. The van der Waals surface area contributed by atoms with E-state index in [0.29, 0.717) is 18.4 Å². The first-order valence-electron chi connectivity index (χ1n) is 8.17. The second-order valence-electron chi connectivity index (χ2n) is 6.45. The molecule has 1 aromatic heterocycles. The number of nitro groups is 1. The van der Waals surface area contributed by atoms with Gasteiger partial charge in [-0.2, -0.15) is 0 Å². The summed E-state index contributed by atoms with van der Waals surface area (Å²) in [6.45, 7) is 0. The van der Waals surface area contributed by atoms with Gasteiger partial charge >= 0.3 is 5.00 Å². The molecule has 4 rings (SSSR count). The molecule has 1 saturated carbocycles. The Morgan fingerprint density at radius 3 is 2.62 bits per heavy atom. The van der Waals surface area contributed by atoms with Crippen molar-refractivity contribution in [2.24, 2.45) is 10.9 Å². The third-order valence-electron chi connectivity index (χ3n) is 5.01. The fraction of sp³-hybridized carbons (Fsp3) is 0.471. The van der Waals surface area contributed by atoms with Crippen molar-refractivity contribution in [2.45, 2.75) is 44.4 Å². The van der Waals surface area contributed by atoms with E-state index >= 15 is 0 Å². The fourth-order valence-corrected chi connectivity index (χ4v) is 4.98. The SMILES string of the molecule is O=C1CCCC2=C1C(c1ccc([N+](=O)[O-])s1)C1C(=O)CCCC1=N2. The molecule has 2 atom stereocenters. The number of ketones is 2. The van der Waals surface area contributed by atoms with Crippen molar-refractivity contribution in [1.29, 1.82) is 0 Å². The molecule has 0 bridgehead atoms. The van der Waals surface area contributed by atoms with E-state index in [9.17, 15) is 19.7 Å². The van der Waals surface area contributed by atoms with Gasteiger partial charge in [0.2, 0.25) is 0 Å².